The maximum Gasteiger partial charge on any atom is 0.244 e. The highest BCUT2D eigenvalue weighted by atomic mass is 79.9. The molecule has 1 fully saturated rings. The van der Waals surface area contributed by atoms with Crippen molar-refractivity contribution in [2.24, 2.45) is 0 Å². The zero-order valence-corrected chi connectivity index (χ0v) is 13.1. The fourth-order valence-corrected chi connectivity index (χ4v) is 3.87. The quantitative estimate of drug-likeness (QED) is 0.845. The highest BCUT2D eigenvalue weighted by Crippen LogP contribution is 2.27. The van der Waals surface area contributed by atoms with Crippen LogP contribution in [-0.2, 0) is 10.0 Å². The Balaban J connectivity index is 2.16. The molecule has 0 saturated carbocycles. The summed E-state index contributed by atoms with van der Waals surface area (Å²) in [6.45, 7) is 1.35. The Kier molecular flexibility index (Phi) is 4.83. The van der Waals surface area contributed by atoms with Crippen molar-refractivity contribution in [3.05, 3.63) is 22.7 Å². The monoisotopic (exact) mass is 348 g/mol. The highest BCUT2D eigenvalue weighted by Gasteiger charge is 2.22. The summed E-state index contributed by atoms with van der Waals surface area (Å²) in [5.74, 6) is 0.343. The molecule has 106 valence electrons. The molecule has 1 aromatic rings. The van der Waals surface area contributed by atoms with Crippen LogP contribution in [0.15, 0.2) is 27.6 Å². The molecule has 1 heterocycles. The molecule has 0 aromatic heterocycles. The second kappa shape index (κ2) is 6.21. The lowest BCUT2D eigenvalue weighted by Crippen LogP contribution is -2.37. The third-order valence-corrected chi connectivity index (χ3v) is 5.04. The van der Waals surface area contributed by atoms with E-state index in [2.05, 4.69) is 26.0 Å². The SMILES string of the molecule is COc1ccc(Br)cc1S(=O)(=O)NC[C@@H]1CCCN1. The van der Waals surface area contributed by atoms with Crippen molar-refractivity contribution in [1.82, 2.24) is 10.0 Å². The van der Waals surface area contributed by atoms with Gasteiger partial charge in [0.2, 0.25) is 10.0 Å². The minimum absolute atomic E-state index is 0.155. The lowest BCUT2D eigenvalue weighted by atomic mass is 10.2. The molecule has 1 saturated heterocycles. The first-order valence-corrected chi connectivity index (χ1v) is 8.37. The molecule has 0 bridgehead atoms. The topological polar surface area (TPSA) is 67.4 Å². The first kappa shape index (κ1) is 14.8. The number of halogens is 1. The molecule has 19 heavy (non-hydrogen) atoms. The number of ether oxygens (including phenoxy) is 1. The van der Waals surface area contributed by atoms with Crippen molar-refractivity contribution < 1.29 is 13.2 Å². The summed E-state index contributed by atoms with van der Waals surface area (Å²) in [7, 11) is -2.10. The molecule has 5 nitrogen and oxygen atoms in total. The van der Waals surface area contributed by atoms with E-state index in [0.29, 0.717) is 16.8 Å². The third kappa shape index (κ3) is 3.68. The Morgan fingerprint density at radius 1 is 1.53 bits per heavy atom. The van der Waals surface area contributed by atoms with E-state index in [9.17, 15) is 8.42 Å². The van der Waals surface area contributed by atoms with Gasteiger partial charge in [0.05, 0.1) is 7.11 Å². The van der Waals surface area contributed by atoms with Gasteiger partial charge in [-0.2, -0.15) is 0 Å². The Bertz CT molecular complexity index is 542. The van der Waals surface area contributed by atoms with Crippen LogP contribution in [0.5, 0.6) is 5.75 Å². The van der Waals surface area contributed by atoms with Crippen LogP contribution in [0.25, 0.3) is 0 Å². The van der Waals surface area contributed by atoms with Gasteiger partial charge in [0.1, 0.15) is 10.6 Å². The average Bonchev–Trinajstić information content (AvgIpc) is 2.89. The first-order chi connectivity index (χ1) is 9.03. The van der Waals surface area contributed by atoms with Gasteiger partial charge < -0.3 is 10.1 Å². The van der Waals surface area contributed by atoms with Crippen LogP contribution in [-0.4, -0.2) is 34.7 Å². The second-order valence-corrected chi connectivity index (χ2v) is 7.09. The van der Waals surface area contributed by atoms with E-state index >= 15 is 0 Å². The summed E-state index contributed by atoms with van der Waals surface area (Å²) in [4.78, 5) is 0.155. The number of benzene rings is 1. The molecule has 7 heteroatoms. The van der Waals surface area contributed by atoms with Gasteiger partial charge >= 0.3 is 0 Å². The van der Waals surface area contributed by atoms with E-state index in [4.69, 9.17) is 4.74 Å². The Morgan fingerprint density at radius 2 is 2.32 bits per heavy atom. The predicted octanol–water partition coefficient (Wildman–Crippen LogP) is 1.49. The minimum Gasteiger partial charge on any atom is -0.495 e. The van der Waals surface area contributed by atoms with Crippen molar-refractivity contribution in [1.29, 1.82) is 0 Å². The first-order valence-electron chi connectivity index (χ1n) is 6.09. The van der Waals surface area contributed by atoms with Crippen molar-refractivity contribution in [2.75, 3.05) is 20.2 Å². The van der Waals surface area contributed by atoms with Crippen LogP contribution in [0, 0.1) is 0 Å². The number of hydrogen-bond donors (Lipinski definition) is 2. The minimum atomic E-state index is -3.56. The molecule has 2 N–H and O–H groups in total. The summed E-state index contributed by atoms with van der Waals surface area (Å²) < 4.78 is 33.0. The van der Waals surface area contributed by atoms with Crippen LogP contribution in [0.4, 0.5) is 0 Å². The molecule has 1 atom stereocenters. The van der Waals surface area contributed by atoms with Crippen molar-refractivity contribution in [3.8, 4) is 5.75 Å². The van der Waals surface area contributed by atoms with Gasteiger partial charge in [0, 0.05) is 17.1 Å². The van der Waals surface area contributed by atoms with Crippen LogP contribution in [0.2, 0.25) is 0 Å². The number of hydrogen-bond acceptors (Lipinski definition) is 4. The van der Waals surface area contributed by atoms with Crippen molar-refractivity contribution >= 4 is 26.0 Å². The van der Waals surface area contributed by atoms with E-state index in [1.807, 2.05) is 0 Å². The van der Waals surface area contributed by atoms with Crippen LogP contribution < -0.4 is 14.8 Å². The maximum absolute atomic E-state index is 12.3. The number of nitrogens with one attached hydrogen (secondary N) is 2. The molecule has 0 amide bonds. The van der Waals surface area contributed by atoms with Crippen LogP contribution >= 0.6 is 15.9 Å². The van der Waals surface area contributed by atoms with Gasteiger partial charge in [0.15, 0.2) is 0 Å². The van der Waals surface area contributed by atoms with Crippen molar-refractivity contribution in [2.45, 2.75) is 23.8 Å². The highest BCUT2D eigenvalue weighted by molar-refractivity contribution is 9.10. The lowest BCUT2D eigenvalue weighted by Gasteiger charge is -2.14. The number of sulfonamides is 1. The van der Waals surface area contributed by atoms with Crippen LogP contribution in [0.3, 0.4) is 0 Å². The largest absolute Gasteiger partial charge is 0.495 e. The van der Waals surface area contributed by atoms with Gasteiger partial charge in [0.25, 0.3) is 0 Å². The molecule has 0 aliphatic carbocycles. The van der Waals surface area contributed by atoms with E-state index in [1.165, 1.54) is 7.11 Å². The van der Waals surface area contributed by atoms with Gasteiger partial charge in [-0.05, 0) is 37.6 Å². The molecule has 0 unspecified atom stereocenters. The molecule has 1 aromatic carbocycles. The normalized spacial score (nSPS) is 19.6. The molecular weight excluding hydrogens is 332 g/mol. The summed E-state index contributed by atoms with van der Waals surface area (Å²) >= 11 is 3.28. The van der Waals surface area contributed by atoms with Crippen molar-refractivity contribution in [3.63, 3.8) is 0 Å². The molecule has 2 rings (SSSR count). The molecule has 1 aliphatic heterocycles. The number of methoxy groups -OCH3 is 1. The smallest absolute Gasteiger partial charge is 0.244 e. The fraction of sp³-hybridized carbons (Fsp3) is 0.500. The molecule has 0 spiro atoms. The number of rotatable bonds is 5. The third-order valence-electron chi connectivity index (χ3n) is 3.10. The van der Waals surface area contributed by atoms with E-state index < -0.39 is 10.0 Å². The summed E-state index contributed by atoms with van der Waals surface area (Å²) in [6, 6.07) is 5.14. The zero-order chi connectivity index (χ0) is 13.9. The Labute approximate surface area is 121 Å². The lowest BCUT2D eigenvalue weighted by molar-refractivity contribution is 0.402. The summed E-state index contributed by atoms with van der Waals surface area (Å²) in [5, 5.41) is 3.25. The second-order valence-electron chi connectivity index (χ2n) is 4.44. The van der Waals surface area contributed by atoms with E-state index in [1.54, 1.807) is 18.2 Å². The van der Waals surface area contributed by atoms with E-state index in [-0.39, 0.29) is 10.9 Å². The summed E-state index contributed by atoms with van der Waals surface area (Å²) in [5.41, 5.74) is 0. The Morgan fingerprint density at radius 3 is 2.95 bits per heavy atom. The molecule has 1 aliphatic rings. The van der Waals surface area contributed by atoms with Gasteiger partial charge in [-0.25, -0.2) is 13.1 Å². The van der Waals surface area contributed by atoms with Gasteiger partial charge in [-0.15, -0.1) is 0 Å². The molecule has 0 radical (unpaired) electrons. The van der Waals surface area contributed by atoms with Crippen LogP contribution in [0.1, 0.15) is 12.8 Å². The average molecular weight is 349 g/mol. The predicted molar refractivity (Wildman–Crippen MR) is 76.9 cm³/mol. The maximum atomic E-state index is 12.3. The van der Waals surface area contributed by atoms with Gasteiger partial charge in [-0.1, -0.05) is 15.9 Å². The fourth-order valence-electron chi connectivity index (χ4n) is 2.08. The van der Waals surface area contributed by atoms with E-state index in [0.717, 1.165) is 19.4 Å². The zero-order valence-electron chi connectivity index (χ0n) is 10.6. The summed E-state index contributed by atoms with van der Waals surface area (Å²) in [6.07, 6.45) is 2.09. The standard InChI is InChI=1S/C12H17BrN2O3S/c1-18-11-5-4-9(13)7-12(11)19(16,17)15-8-10-3-2-6-14-10/h4-5,7,10,14-15H,2-3,6,8H2,1H3/t10-/m0/s1. The molecular formula is C12H17BrN2O3S. The van der Waals surface area contributed by atoms with Gasteiger partial charge in [-0.3, -0.25) is 0 Å². The Hall–Kier alpha value is -0.630.